The molecule has 5 unspecified atom stereocenters. The van der Waals surface area contributed by atoms with E-state index >= 15 is 0 Å². The van der Waals surface area contributed by atoms with Crippen LogP contribution in [-0.4, -0.2) is 42.5 Å². The van der Waals surface area contributed by atoms with Crippen molar-refractivity contribution in [1.82, 2.24) is 0 Å². The van der Waals surface area contributed by atoms with Crippen molar-refractivity contribution in [2.75, 3.05) is 11.1 Å². The second-order valence-corrected chi connectivity index (χ2v) is 10.7. The van der Waals surface area contributed by atoms with Crippen LogP contribution < -0.4 is 5.32 Å². The molecule has 11 heteroatoms. The number of hydrogen-bond acceptors (Lipinski definition) is 5. The zero-order valence-electron chi connectivity index (χ0n) is 16.4. The molecule has 2 saturated carbocycles. The first-order valence-corrected chi connectivity index (χ1v) is 11.9. The zero-order chi connectivity index (χ0) is 23.4. The Morgan fingerprint density at radius 1 is 1.06 bits per heavy atom. The molecule has 3 N–H and O–H groups in total. The van der Waals surface area contributed by atoms with Crippen molar-refractivity contribution in [3.05, 3.63) is 58.4 Å². The summed E-state index contributed by atoms with van der Waals surface area (Å²) in [4.78, 5) is 12.2. The molecule has 2 aromatic carbocycles. The molecule has 0 radical (unpaired) electrons. The molecule has 2 aliphatic rings. The van der Waals surface area contributed by atoms with Gasteiger partial charge in [0.05, 0.1) is 27.9 Å². The maximum absolute atomic E-state index is 13.4. The summed E-state index contributed by atoms with van der Waals surface area (Å²) in [5, 5.41) is 22.1. The second-order valence-electron chi connectivity index (χ2n) is 8.27. The summed E-state index contributed by atoms with van der Waals surface area (Å²) in [6.45, 7) is 0. The van der Waals surface area contributed by atoms with E-state index in [-0.39, 0.29) is 44.7 Å². The third-order valence-electron chi connectivity index (χ3n) is 6.26. The van der Waals surface area contributed by atoms with E-state index < -0.39 is 45.4 Å². The molecule has 5 atom stereocenters. The lowest BCUT2D eigenvalue weighted by molar-refractivity contribution is -0.0304. The molecular formula is C21H19ClF3NO5S. The van der Waals surface area contributed by atoms with Gasteiger partial charge in [0.15, 0.2) is 27.3 Å². The Labute approximate surface area is 186 Å². The van der Waals surface area contributed by atoms with Crippen LogP contribution in [0.3, 0.4) is 0 Å². The molecule has 0 heterocycles. The highest BCUT2D eigenvalue weighted by molar-refractivity contribution is 7.91. The fourth-order valence-electron chi connectivity index (χ4n) is 4.71. The SMILES string of the molecule is O=C(Nc1cc(F)c(F)c(F)c1)c1ccc(Cl)c(S(=O)(=O)CC2CC3CC2C(O)C3O)c1. The molecular weight excluding hydrogens is 471 g/mol. The van der Waals surface area contributed by atoms with E-state index in [1.54, 1.807) is 0 Å². The van der Waals surface area contributed by atoms with Gasteiger partial charge < -0.3 is 15.5 Å². The van der Waals surface area contributed by atoms with Gasteiger partial charge in [-0.25, -0.2) is 21.6 Å². The summed E-state index contributed by atoms with van der Waals surface area (Å²) in [6.07, 6.45) is -0.820. The van der Waals surface area contributed by atoms with Crippen molar-refractivity contribution in [2.24, 2.45) is 17.8 Å². The smallest absolute Gasteiger partial charge is 0.255 e. The van der Waals surface area contributed by atoms with Crippen LogP contribution in [0.1, 0.15) is 23.2 Å². The number of carbonyl (C=O) groups excluding carboxylic acids is 1. The third kappa shape index (κ3) is 4.12. The van der Waals surface area contributed by atoms with Gasteiger partial charge in [0.1, 0.15) is 0 Å². The third-order valence-corrected chi connectivity index (χ3v) is 8.58. The lowest BCUT2D eigenvalue weighted by atomic mass is 9.86. The monoisotopic (exact) mass is 489 g/mol. The molecule has 0 spiro atoms. The Morgan fingerprint density at radius 2 is 1.72 bits per heavy atom. The molecule has 2 aromatic rings. The van der Waals surface area contributed by atoms with E-state index in [0.717, 1.165) is 6.07 Å². The number of aliphatic hydroxyl groups excluding tert-OH is 2. The second kappa shape index (κ2) is 8.33. The van der Waals surface area contributed by atoms with Crippen molar-refractivity contribution in [3.63, 3.8) is 0 Å². The first-order chi connectivity index (χ1) is 15.0. The molecule has 32 heavy (non-hydrogen) atoms. The number of benzene rings is 2. The number of carbonyl (C=O) groups is 1. The van der Waals surface area contributed by atoms with Gasteiger partial charge in [-0.05, 0) is 48.8 Å². The average Bonchev–Trinajstić information content (AvgIpc) is 3.24. The molecule has 2 aliphatic carbocycles. The number of halogens is 4. The molecule has 1 amide bonds. The quantitative estimate of drug-likeness (QED) is 0.560. The first-order valence-electron chi connectivity index (χ1n) is 9.82. The number of fused-ring (bicyclic) bond motifs is 2. The number of nitrogens with one attached hydrogen (secondary N) is 1. The summed E-state index contributed by atoms with van der Waals surface area (Å²) in [7, 11) is -3.96. The van der Waals surface area contributed by atoms with Crippen molar-refractivity contribution >= 4 is 33.0 Å². The Bertz CT molecular complexity index is 1170. The number of aliphatic hydroxyl groups is 2. The Hall–Kier alpha value is -2.14. The number of sulfone groups is 1. The molecule has 0 aliphatic heterocycles. The first kappa shape index (κ1) is 23.0. The van der Waals surface area contributed by atoms with Crippen molar-refractivity contribution < 1.29 is 36.6 Å². The van der Waals surface area contributed by atoms with Gasteiger partial charge in [-0.15, -0.1) is 0 Å². The Balaban J connectivity index is 1.55. The van der Waals surface area contributed by atoms with Crippen LogP contribution in [0.2, 0.25) is 5.02 Å². The number of rotatable bonds is 5. The number of anilines is 1. The topological polar surface area (TPSA) is 104 Å². The summed E-state index contributed by atoms with van der Waals surface area (Å²) >= 11 is 6.08. The normalized spacial score (nSPS) is 27.0. The molecule has 172 valence electrons. The van der Waals surface area contributed by atoms with Crippen molar-refractivity contribution in [1.29, 1.82) is 0 Å². The van der Waals surface area contributed by atoms with Gasteiger partial charge in [0.25, 0.3) is 5.91 Å². The van der Waals surface area contributed by atoms with E-state index in [2.05, 4.69) is 5.32 Å². The highest BCUT2D eigenvalue weighted by Gasteiger charge is 2.52. The van der Waals surface area contributed by atoms with Crippen molar-refractivity contribution in [3.8, 4) is 0 Å². The van der Waals surface area contributed by atoms with Crippen LogP contribution in [0.25, 0.3) is 0 Å². The maximum Gasteiger partial charge on any atom is 0.255 e. The lowest BCUT2D eigenvalue weighted by Crippen LogP contribution is -2.38. The summed E-state index contributed by atoms with van der Waals surface area (Å²) in [6, 6.07) is 4.71. The summed E-state index contributed by atoms with van der Waals surface area (Å²) in [5.41, 5.74) is -0.484. The van der Waals surface area contributed by atoms with Crippen LogP contribution in [0.15, 0.2) is 35.2 Å². The van der Waals surface area contributed by atoms with Gasteiger partial charge in [-0.2, -0.15) is 0 Å². The van der Waals surface area contributed by atoms with Gasteiger partial charge >= 0.3 is 0 Å². The van der Waals surface area contributed by atoms with E-state index in [1.807, 2.05) is 0 Å². The maximum atomic E-state index is 13.4. The van der Waals surface area contributed by atoms with E-state index in [1.165, 1.54) is 12.1 Å². The van der Waals surface area contributed by atoms with E-state index in [4.69, 9.17) is 11.6 Å². The molecule has 2 fully saturated rings. The Morgan fingerprint density at radius 3 is 2.31 bits per heavy atom. The highest BCUT2D eigenvalue weighted by Crippen LogP contribution is 2.49. The molecule has 0 saturated heterocycles. The predicted molar refractivity (Wildman–Crippen MR) is 109 cm³/mol. The van der Waals surface area contributed by atoms with Gasteiger partial charge in [-0.1, -0.05) is 11.6 Å². The van der Waals surface area contributed by atoms with E-state index in [9.17, 15) is 36.6 Å². The van der Waals surface area contributed by atoms with Gasteiger partial charge in [0.2, 0.25) is 0 Å². The summed E-state index contributed by atoms with van der Waals surface area (Å²) in [5.74, 6) is -6.68. The zero-order valence-corrected chi connectivity index (χ0v) is 18.0. The van der Waals surface area contributed by atoms with Crippen LogP contribution in [-0.2, 0) is 9.84 Å². The molecule has 4 rings (SSSR count). The van der Waals surface area contributed by atoms with Gasteiger partial charge in [0, 0.05) is 23.4 Å². The largest absolute Gasteiger partial charge is 0.390 e. The minimum atomic E-state index is -3.96. The molecule has 0 aromatic heterocycles. The fourth-order valence-corrected chi connectivity index (χ4v) is 6.98. The van der Waals surface area contributed by atoms with Crippen LogP contribution >= 0.6 is 11.6 Å². The van der Waals surface area contributed by atoms with Crippen LogP contribution in [0.5, 0.6) is 0 Å². The highest BCUT2D eigenvalue weighted by atomic mass is 35.5. The van der Waals surface area contributed by atoms with Crippen LogP contribution in [0, 0.1) is 35.2 Å². The van der Waals surface area contributed by atoms with Crippen LogP contribution in [0.4, 0.5) is 18.9 Å². The van der Waals surface area contributed by atoms with Gasteiger partial charge in [-0.3, -0.25) is 4.79 Å². The minimum absolute atomic E-state index is 0.107. The number of amides is 1. The van der Waals surface area contributed by atoms with Crippen molar-refractivity contribution in [2.45, 2.75) is 29.9 Å². The predicted octanol–water partition coefficient (Wildman–Crippen LogP) is 3.16. The fraction of sp³-hybridized carbons (Fsp3) is 0.381. The standard InChI is InChI=1S/C21H19ClF3NO5S/c22-14-2-1-9(21(29)26-12-6-15(23)18(25)16(24)7-12)5-17(14)32(30,31)8-11-3-10-4-13(11)20(28)19(10)27/h1-2,5-7,10-11,13,19-20,27-28H,3-4,8H2,(H,26,29). The molecule has 2 bridgehead atoms. The average molecular weight is 490 g/mol. The number of hydrogen-bond donors (Lipinski definition) is 3. The lowest BCUT2D eigenvalue weighted by Gasteiger charge is -2.29. The minimum Gasteiger partial charge on any atom is -0.390 e. The molecule has 6 nitrogen and oxygen atoms in total. The van der Waals surface area contributed by atoms with E-state index in [0.29, 0.717) is 25.0 Å². The Kier molecular flexibility index (Phi) is 6.00. The summed E-state index contributed by atoms with van der Waals surface area (Å²) < 4.78 is 65.9.